The van der Waals surface area contributed by atoms with Gasteiger partial charge >= 0.3 is 0 Å². The number of carbonyl (C=O) groups excluding carboxylic acids is 1. The van der Waals surface area contributed by atoms with Crippen LogP contribution in [0.2, 0.25) is 0 Å². The second kappa shape index (κ2) is 7.01. The van der Waals surface area contributed by atoms with Gasteiger partial charge in [0.15, 0.2) is 11.5 Å². The van der Waals surface area contributed by atoms with Crippen LogP contribution in [0.1, 0.15) is 19.8 Å². The Labute approximate surface area is 131 Å². The van der Waals surface area contributed by atoms with E-state index in [0.29, 0.717) is 12.4 Å². The van der Waals surface area contributed by atoms with Crippen molar-refractivity contribution in [1.82, 2.24) is 9.80 Å². The van der Waals surface area contributed by atoms with E-state index in [1.165, 1.54) is 12.8 Å². The standard InChI is InChI=1S/C17H24N2O3/c1-2-3-8-18-9-11-19(12-10-18)17(20)16-13-21-14-6-4-5-7-15(14)22-16/h4-7,16H,2-3,8-13H2,1H3. The van der Waals surface area contributed by atoms with Gasteiger partial charge in [-0.1, -0.05) is 25.5 Å². The number of carbonyl (C=O) groups is 1. The van der Waals surface area contributed by atoms with E-state index < -0.39 is 6.10 Å². The first-order valence-corrected chi connectivity index (χ1v) is 8.17. The minimum Gasteiger partial charge on any atom is -0.485 e. The fourth-order valence-corrected chi connectivity index (χ4v) is 2.92. The van der Waals surface area contributed by atoms with Gasteiger partial charge in [-0.05, 0) is 25.1 Å². The maximum absolute atomic E-state index is 12.6. The van der Waals surface area contributed by atoms with Crippen LogP contribution in [0.3, 0.4) is 0 Å². The van der Waals surface area contributed by atoms with Crippen LogP contribution in [0.15, 0.2) is 24.3 Å². The van der Waals surface area contributed by atoms with Gasteiger partial charge in [-0.15, -0.1) is 0 Å². The lowest BCUT2D eigenvalue weighted by molar-refractivity contribution is -0.143. The molecular weight excluding hydrogens is 280 g/mol. The Hall–Kier alpha value is -1.75. The van der Waals surface area contributed by atoms with Crippen molar-refractivity contribution in [2.75, 3.05) is 39.3 Å². The summed E-state index contributed by atoms with van der Waals surface area (Å²) in [6.45, 7) is 7.11. The molecule has 0 bridgehead atoms. The monoisotopic (exact) mass is 304 g/mol. The van der Waals surface area contributed by atoms with Crippen molar-refractivity contribution < 1.29 is 14.3 Å². The van der Waals surface area contributed by atoms with Gasteiger partial charge in [0.1, 0.15) is 6.61 Å². The average Bonchev–Trinajstić information content (AvgIpc) is 2.59. The molecular formula is C17H24N2O3. The maximum Gasteiger partial charge on any atom is 0.267 e. The molecule has 0 aliphatic carbocycles. The Bertz CT molecular complexity index is 512. The van der Waals surface area contributed by atoms with E-state index in [-0.39, 0.29) is 5.91 Å². The van der Waals surface area contributed by atoms with Crippen LogP contribution in [0.4, 0.5) is 0 Å². The zero-order chi connectivity index (χ0) is 15.4. The topological polar surface area (TPSA) is 42.0 Å². The number of piperazine rings is 1. The smallest absolute Gasteiger partial charge is 0.267 e. The number of fused-ring (bicyclic) bond motifs is 1. The molecule has 1 atom stereocenters. The van der Waals surface area contributed by atoms with E-state index in [4.69, 9.17) is 9.47 Å². The first-order valence-electron chi connectivity index (χ1n) is 8.17. The summed E-state index contributed by atoms with van der Waals surface area (Å²) in [5.41, 5.74) is 0. The number of nitrogens with zero attached hydrogens (tertiary/aromatic N) is 2. The van der Waals surface area contributed by atoms with Crippen molar-refractivity contribution in [3.8, 4) is 11.5 Å². The molecule has 5 heteroatoms. The van der Waals surface area contributed by atoms with Crippen molar-refractivity contribution in [3.05, 3.63) is 24.3 Å². The van der Waals surface area contributed by atoms with E-state index in [2.05, 4.69) is 11.8 Å². The number of para-hydroxylation sites is 2. The van der Waals surface area contributed by atoms with Crippen LogP contribution < -0.4 is 9.47 Å². The summed E-state index contributed by atoms with van der Waals surface area (Å²) in [6.07, 6.45) is 1.92. The van der Waals surface area contributed by atoms with Crippen molar-refractivity contribution in [2.45, 2.75) is 25.9 Å². The second-order valence-electron chi connectivity index (χ2n) is 5.88. The molecule has 0 saturated carbocycles. The predicted octanol–water partition coefficient (Wildman–Crippen LogP) is 1.77. The van der Waals surface area contributed by atoms with Gasteiger partial charge in [-0.3, -0.25) is 9.69 Å². The summed E-state index contributed by atoms with van der Waals surface area (Å²) >= 11 is 0. The third-order valence-electron chi connectivity index (χ3n) is 4.30. The average molecular weight is 304 g/mol. The Morgan fingerprint density at radius 1 is 1.18 bits per heavy atom. The number of amides is 1. The summed E-state index contributed by atoms with van der Waals surface area (Å²) in [5.74, 6) is 1.43. The number of rotatable bonds is 4. The minimum atomic E-state index is -0.517. The van der Waals surface area contributed by atoms with E-state index in [9.17, 15) is 4.79 Å². The summed E-state index contributed by atoms with van der Waals surface area (Å²) < 4.78 is 11.4. The predicted molar refractivity (Wildman–Crippen MR) is 84.3 cm³/mol. The Kier molecular flexibility index (Phi) is 4.83. The first-order chi connectivity index (χ1) is 10.8. The van der Waals surface area contributed by atoms with Crippen LogP contribution in [0, 0.1) is 0 Å². The van der Waals surface area contributed by atoms with E-state index >= 15 is 0 Å². The van der Waals surface area contributed by atoms with Gasteiger partial charge in [0.05, 0.1) is 0 Å². The second-order valence-corrected chi connectivity index (χ2v) is 5.88. The molecule has 2 aliphatic rings. The molecule has 1 unspecified atom stereocenters. The highest BCUT2D eigenvalue weighted by Gasteiger charge is 2.32. The summed E-state index contributed by atoms with van der Waals surface area (Å²) in [6, 6.07) is 7.50. The Morgan fingerprint density at radius 3 is 2.64 bits per heavy atom. The molecule has 1 saturated heterocycles. The zero-order valence-electron chi connectivity index (χ0n) is 13.2. The van der Waals surface area contributed by atoms with Gasteiger partial charge in [0.2, 0.25) is 6.10 Å². The number of hydrogen-bond acceptors (Lipinski definition) is 4. The van der Waals surface area contributed by atoms with Gasteiger partial charge in [-0.2, -0.15) is 0 Å². The van der Waals surface area contributed by atoms with Crippen molar-refractivity contribution in [3.63, 3.8) is 0 Å². The third-order valence-corrected chi connectivity index (χ3v) is 4.30. The highest BCUT2D eigenvalue weighted by atomic mass is 16.6. The van der Waals surface area contributed by atoms with Crippen molar-refractivity contribution in [2.24, 2.45) is 0 Å². The highest BCUT2D eigenvalue weighted by Crippen LogP contribution is 2.31. The maximum atomic E-state index is 12.6. The van der Waals surface area contributed by atoms with Gasteiger partial charge in [0, 0.05) is 26.2 Å². The largest absolute Gasteiger partial charge is 0.485 e. The fourth-order valence-electron chi connectivity index (χ4n) is 2.92. The number of hydrogen-bond donors (Lipinski definition) is 0. The molecule has 3 rings (SSSR count). The van der Waals surface area contributed by atoms with Gasteiger partial charge in [-0.25, -0.2) is 0 Å². The SMILES string of the molecule is CCCCN1CCN(C(=O)C2COc3ccccc3O2)CC1. The Balaban J connectivity index is 1.53. The normalized spacial score (nSPS) is 21.7. The molecule has 1 aromatic rings. The van der Waals surface area contributed by atoms with Crippen LogP contribution in [0.5, 0.6) is 11.5 Å². The lowest BCUT2D eigenvalue weighted by atomic mass is 10.2. The minimum absolute atomic E-state index is 0.0460. The molecule has 22 heavy (non-hydrogen) atoms. The molecule has 1 aromatic carbocycles. The van der Waals surface area contributed by atoms with Crippen LogP contribution in [-0.2, 0) is 4.79 Å². The number of ether oxygens (including phenoxy) is 2. The molecule has 0 radical (unpaired) electrons. The molecule has 0 spiro atoms. The lowest BCUT2D eigenvalue weighted by Crippen LogP contribution is -2.54. The summed E-state index contributed by atoms with van der Waals surface area (Å²) in [7, 11) is 0. The number of benzene rings is 1. The summed E-state index contributed by atoms with van der Waals surface area (Å²) in [5, 5.41) is 0. The highest BCUT2D eigenvalue weighted by molar-refractivity contribution is 5.82. The van der Waals surface area contributed by atoms with Gasteiger partial charge in [0.25, 0.3) is 5.91 Å². The third kappa shape index (κ3) is 3.35. The van der Waals surface area contributed by atoms with Crippen LogP contribution in [-0.4, -0.2) is 61.1 Å². The van der Waals surface area contributed by atoms with E-state index in [1.54, 1.807) is 0 Å². The quantitative estimate of drug-likeness (QED) is 0.850. The van der Waals surface area contributed by atoms with E-state index in [1.807, 2.05) is 29.2 Å². The summed E-state index contributed by atoms with van der Waals surface area (Å²) in [4.78, 5) is 16.9. The van der Waals surface area contributed by atoms with Crippen LogP contribution >= 0.6 is 0 Å². The molecule has 120 valence electrons. The van der Waals surface area contributed by atoms with Gasteiger partial charge < -0.3 is 14.4 Å². The van der Waals surface area contributed by atoms with Crippen molar-refractivity contribution in [1.29, 1.82) is 0 Å². The fraction of sp³-hybridized carbons (Fsp3) is 0.588. The molecule has 2 aliphatic heterocycles. The molecule has 2 heterocycles. The molecule has 1 amide bonds. The molecule has 0 aromatic heterocycles. The number of unbranched alkanes of at least 4 members (excludes halogenated alkanes) is 1. The zero-order valence-corrected chi connectivity index (χ0v) is 13.2. The molecule has 1 fully saturated rings. The van der Waals surface area contributed by atoms with Crippen molar-refractivity contribution >= 4 is 5.91 Å². The molecule has 5 nitrogen and oxygen atoms in total. The lowest BCUT2D eigenvalue weighted by Gasteiger charge is -2.37. The van der Waals surface area contributed by atoms with Crippen LogP contribution in [0.25, 0.3) is 0 Å². The molecule has 0 N–H and O–H groups in total. The first kappa shape index (κ1) is 15.2. The van der Waals surface area contributed by atoms with E-state index in [0.717, 1.165) is 38.5 Å². The Morgan fingerprint density at radius 2 is 1.91 bits per heavy atom.